The van der Waals surface area contributed by atoms with E-state index in [4.69, 9.17) is 0 Å². The van der Waals surface area contributed by atoms with Crippen molar-refractivity contribution in [1.82, 2.24) is 20.9 Å². The predicted octanol–water partition coefficient (Wildman–Crippen LogP) is 2.07. The van der Waals surface area contributed by atoms with Crippen molar-refractivity contribution >= 4 is 23.2 Å². The highest BCUT2D eigenvalue weighted by Gasteiger charge is 2.05. The summed E-state index contributed by atoms with van der Waals surface area (Å²) in [5, 5.41) is 19.9. The molecular weight excluding hydrogens is 362 g/mol. The number of aryl methyl sites for hydroxylation is 1. The Morgan fingerprint density at radius 3 is 2.81 bits per heavy atom. The fraction of sp³-hybridized carbons (Fsp3) is 0.421. The monoisotopic (exact) mass is 389 g/mol. The molecule has 1 aromatic heterocycles. The van der Waals surface area contributed by atoms with E-state index in [0.717, 1.165) is 36.9 Å². The second-order valence-corrected chi connectivity index (χ2v) is 7.28. The van der Waals surface area contributed by atoms with Crippen LogP contribution in [0.2, 0.25) is 0 Å². The van der Waals surface area contributed by atoms with E-state index in [2.05, 4.69) is 32.9 Å². The van der Waals surface area contributed by atoms with Gasteiger partial charge < -0.3 is 21.1 Å². The number of nitrogens with zero attached hydrogens (tertiary/aromatic N) is 2. The van der Waals surface area contributed by atoms with Crippen molar-refractivity contribution in [2.75, 3.05) is 26.2 Å². The molecule has 0 aliphatic heterocycles. The Bertz CT molecular complexity index is 760. The number of aromatic hydroxyl groups is 1. The highest BCUT2D eigenvalue weighted by molar-refractivity contribution is 7.11. The van der Waals surface area contributed by atoms with Crippen molar-refractivity contribution in [3.63, 3.8) is 0 Å². The quantitative estimate of drug-likeness (QED) is 0.299. The van der Waals surface area contributed by atoms with Gasteiger partial charge in [-0.3, -0.25) is 9.79 Å². The summed E-state index contributed by atoms with van der Waals surface area (Å²) in [5.74, 6) is 0.658. The van der Waals surface area contributed by atoms with Crippen LogP contribution in [-0.2, 0) is 6.42 Å². The molecule has 7 nitrogen and oxygen atoms in total. The molecule has 0 unspecified atom stereocenters. The van der Waals surface area contributed by atoms with Crippen LogP contribution in [0.4, 0.5) is 0 Å². The molecule has 2 aromatic rings. The van der Waals surface area contributed by atoms with Gasteiger partial charge in [0.1, 0.15) is 5.75 Å². The average Bonchev–Trinajstić information content (AvgIpc) is 3.06. The molecule has 1 aromatic carbocycles. The van der Waals surface area contributed by atoms with E-state index in [9.17, 15) is 9.90 Å². The third kappa shape index (κ3) is 7.65. The van der Waals surface area contributed by atoms with Crippen LogP contribution in [0.1, 0.15) is 33.6 Å². The van der Waals surface area contributed by atoms with Gasteiger partial charge in [0.15, 0.2) is 5.96 Å². The van der Waals surface area contributed by atoms with E-state index in [1.54, 1.807) is 23.5 Å². The zero-order valence-electron chi connectivity index (χ0n) is 15.8. The minimum absolute atomic E-state index is 0.0847. The molecule has 0 spiro atoms. The summed E-state index contributed by atoms with van der Waals surface area (Å²) in [5.41, 5.74) is 0.450. The molecule has 27 heavy (non-hydrogen) atoms. The maximum atomic E-state index is 12.0. The highest BCUT2D eigenvalue weighted by atomic mass is 32.1. The van der Waals surface area contributed by atoms with Gasteiger partial charge in [0.05, 0.1) is 5.01 Å². The third-order valence-corrected chi connectivity index (χ3v) is 4.62. The van der Waals surface area contributed by atoms with E-state index in [-0.39, 0.29) is 11.7 Å². The topological polar surface area (TPSA) is 98.6 Å². The van der Waals surface area contributed by atoms with Gasteiger partial charge in [0.2, 0.25) is 0 Å². The number of carbonyl (C=O) groups excluding carboxylic acids is 1. The van der Waals surface area contributed by atoms with Crippen LogP contribution in [0.5, 0.6) is 5.75 Å². The molecule has 4 N–H and O–H groups in total. The number of benzene rings is 1. The summed E-state index contributed by atoms with van der Waals surface area (Å²) < 4.78 is 0. The number of carbonyl (C=O) groups is 1. The number of thiazole rings is 1. The van der Waals surface area contributed by atoms with E-state index < -0.39 is 0 Å². The molecule has 0 bridgehead atoms. The summed E-state index contributed by atoms with van der Waals surface area (Å²) in [6.45, 7) is 6.77. The predicted molar refractivity (Wildman–Crippen MR) is 110 cm³/mol. The van der Waals surface area contributed by atoms with Gasteiger partial charge in [-0.1, -0.05) is 6.07 Å². The normalized spacial score (nSPS) is 11.3. The van der Waals surface area contributed by atoms with E-state index in [1.165, 1.54) is 17.0 Å². The third-order valence-electron chi connectivity index (χ3n) is 3.64. The summed E-state index contributed by atoms with van der Waals surface area (Å²) in [4.78, 5) is 22.1. The van der Waals surface area contributed by atoms with Gasteiger partial charge in [-0.2, -0.15) is 0 Å². The Hall–Kier alpha value is -2.61. The molecular formula is C19H27N5O2S. The van der Waals surface area contributed by atoms with Crippen LogP contribution >= 0.6 is 11.3 Å². The molecule has 0 aliphatic carbocycles. The zero-order valence-corrected chi connectivity index (χ0v) is 16.6. The van der Waals surface area contributed by atoms with Crippen molar-refractivity contribution < 1.29 is 9.90 Å². The number of hydrogen-bond donors (Lipinski definition) is 4. The number of guanidine groups is 1. The molecule has 8 heteroatoms. The fourth-order valence-corrected chi connectivity index (χ4v) is 3.15. The molecule has 0 saturated carbocycles. The van der Waals surface area contributed by atoms with Gasteiger partial charge in [-0.15, -0.1) is 11.3 Å². The van der Waals surface area contributed by atoms with E-state index in [0.29, 0.717) is 18.7 Å². The number of nitrogens with one attached hydrogen (secondary N) is 3. The SMILES string of the molecule is CCNC(=NCCCNC(=O)c1cccc(O)c1)NCCc1ncc(C)s1. The fourth-order valence-electron chi connectivity index (χ4n) is 2.37. The molecule has 1 heterocycles. The second-order valence-electron chi connectivity index (χ2n) is 5.96. The highest BCUT2D eigenvalue weighted by Crippen LogP contribution is 2.11. The Kier molecular flexibility index (Phi) is 8.57. The van der Waals surface area contributed by atoms with E-state index >= 15 is 0 Å². The van der Waals surface area contributed by atoms with Crippen LogP contribution in [0.25, 0.3) is 0 Å². The van der Waals surface area contributed by atoms with Gasteiger partial charge >= 0.3 is 0 Å². The lowest BCUT2D eigenvalue weighted by atomic mass is 10.2. The number of rotatable bonds is 9. The van der Waals surface area contributed by atoms with Crippen molar-refractivity contribution in [2.45, 2.75) is 26.7 Å². The largest absolute Gasteiger partial charge is 0.508 e. The van der Waals surface area contributed by atoms with Crippen LogP contribution in [0.15, 0.2) is 35.5 Å². The van der Waals surface area contributed by atoms with Crippen LogP contribution in [0, 0.1) is 6.92 Å². The van der Waals surface area contributed by atoms with Crippen molar-refractivity contribution in [3.05, 3.63) is 45.9 Å². The molecule has 0 saturated heterocycles. The van der Waals surface area contributed by atoms with Gasteiger partial charge in [-0.25, -0.2) is 4.98 Å². The summed E-state index contributed by atoms with van der Waals surface area (Å²) in [6.07, 6.45) is 3.49. The number of hydrogen-bond acceptors (Lipinski definition) is 5. The lowest BCUT2D eigenvalue weighted by molar-refractivity contribution is 0.0953. The lowest BCUT2D eigenvalue weighted by Crippen LogP contribution is -2.38. The van der Waals surface area contributed by atoms with Crippen molar-refractivity contribution in [3.8, 4) is 5.75 Å². The van der Waals surface area contributed by atoms with Crippen molar-refractivity contribution in [1.29, 1.82) is 0 Å². The zero-order chi connectivity index (χ0) is 19.5. The minimum Gasteiger partial charge on any atom is -0.508 e. The molecule has 0 radical (unpaired) electrons. The van der Waals surface area contributed by atoms with Crippen LogP contribution in [-0.4, -0.2) is 48.1 Å². The number of aliphatic imine (C=N–C) groups is 1. The molecule has 146 valence electrons. The Morgan fingerprint density at radius 2 is 2.11 bits per heavy atom. The average molecular weight is 390 g/mol. The molecule has 2 rings (SSSR count). The molecule has 1 amide bonds. The standard InChI is InChI=1S/C19H27N5O2S/c1-3-20-19(23-11-8-17-24-13-14(2)27-17)22-10-5-9-21-18(26)15-6-4-7-16(25)12-15/h4,6-7,12-13,25H,3,5,8-11H2,1-2H3,(H,21,26)(H2,20,22,23). The number of aromatic nitrogens is 1. The first-order chi connectivity index (χ1) is 13.1. The van der Waals surface area contributed by atoms with Gasteiger partial charge in [-0.05, 0) is 38.5 Å². The van der Waals surface area contributed by atoms with Gasteiger partial charge in [0, 0.05) is 49.2 Å². The van der Waals surface area contributed by atoms with Crippen molar-refractivity contribution in [2.24, 2.45) is 4.99 Å². The van der Waals surface area contributed by atoms with Crippen LogP contribution < -0.4 is 16.0 Å². The number of phenols is 1. The number of phenolic OH excluding ortho intramolecular Hbond substituents is 1. The van der Waals surface area contributed by atoms with Crippen LogP contribution in [0.3, 0.4) is 0 Å². The summed E-state index contributed by atoms with van der Waals surface area (Å²) in [7, 11) is 0. The first-order valence-electron chi connectivity index (χ1n) is 9.09. The summed E-state index contributed by atoms with van der Waals surface area (Å²) in [6, 6.07) is 6.31. The first kappa shape index (κ1) is 20.7. The van der Waals surface area contributed by atoms with Gasteiger partial charge in [0.25, 0.3) is 5.91 Å². The summed E-state index contributed by atoms with van der Waals surface area (Å²) >= 11 is 1.71. The molecule has 0 aliphatic rings. The number of amides is 1. The van der Waals surface area contributed by atoms with E-state index in [1.807, 2.05) is 13.1 Å². The smallest absolute Gasteiger partial charge is 0.251 e. The Labute approximate surface area is 163 Å². The molecule has 0 fully saturated rings. The Balaban J connectivity index is 1.68. The lowest BCUT2D eigenvalue weighted by Gasteiger charge is -2.10. The minimum atomic E-state index is -0.196. The maximum absolute atomic E-state index is 12.0. The molecule has 0 atom stereocenters. The first-order valence-corrected chi connectivity index (χ1v) is 9.91. The maximum Gasteiger partial charge on any atom is 0.251 e. The Morgan fingerprint density at radius 1 is 1.26 bits per heavy atom. The second kappa shape index (κ2) is 11.2.